The Balaban J connectivity index is 1.39. The highest BCUT2D eigenvalue weighted by Crippen LogP contribution is 2.18. The van der Waals surface area contributed by atoms with Crippen molar-refractivity contribution in [1.82, 2.24) is 14.9 Å². The van der Waals surface area contributed by atoms with Crippen LogP contribution in [0.4, 0.5) is 5.95 Å². The van der Waals surface area contributed by atoms with Gasteiger partial charge in [0.1, 0.15) is 5.75 Å². The summed E-state index contributed by atoms with van der Waals surface area (Å²) in [5, 5.41) is 0. The number of carbonyl (C=O) groups excluding carboxylic acids is 2. The average molecular weight is 384 g/mol. The van der Waals surface area contributed by atoms with Crippen LogP contribution in [0.2, 0.25) is 0 Å². The zero-order chi connectivity index (χ0) is 19.9. The van der Waals surface area contributed by atoms with Crippen LogP contribution in [0.1, 0.15) is 11.1 Å². The Bertz CT molecular complexity index is 820. The van der Waals surface area contributed by atoms with Crippen molar-refractivity contribution in [3.63, 3.8) is 0 Å². The Hall–Kier alpha value is -3.16. The molecule has 2 heterocycles. The lowest BCUT2D eigenvalue weighted by Crippen LogP contribution is -2.50. The minimum atomic E-state index is -0.565. The Morgan fingerprint density at radius 2 is 1.75 bits per heavy atom. The predicted molar refractivity (Wildman–Crippen MR) is 103 cm³/mol. The van der Waals surface area contributed by atoms with Crippen LogP contribution in [0.15, 0.2) is 36.7 Å². The summed E-state index contributed by atoms with van der Waals surface area (Å²) in [5.74, 6) is 0.510. The second-order valence-electron chi connectivity index (χ2n) is 6.63. The fourth-order valence-electron chi connectivity index (χ4n) is 2.98. The Labute approximate surface area is 164 Å². The number of anilines is 1. The van der Waals surface area contributed by atoms with E-state index in [1.165, 1.54) is 0 Å². The third-order valence-corrected chi connectivity index (χ3v) is 4.50. The molecule has 0 bridgehead atoms. The lowest BCUT2D eigenvalue weighted by atomic mass is 10.1. The normalized spacial score (nSPS) is 13.9. The van der Waals surface area contributed by atoms with Gasteiger partial charge in [-0.2, -0.15) is 0 Å². The lowest BCUT2D eigenvalue weighted by molar-refractivity contribution is -0.153. The summed E-state index contributed by atoms with van der Waals surface area (Å²) in [6.07, 6.45) is 3.39. The molecule has 0 aliphatic carbocycles. The summed E-state index contributed by atoms with van der Waals surface area (Å²) in [7, 11) is 0. The molecule has 1 aliphatic heterocycles. The van der Waals surface area contributed by atoms with Gasteiger partial charge in [-0.1, -0.05) is 17.7 Å². The van der Waals surface area contributed by atoms with E-state index in [-0.39, 0.29) is 19.1 Å². The molecule has 1 aliphatic rings. The van der Waals surface area contributed by atoms with Gasteiger partial charge in [-0.15, -0.1) is 0 Å². The fourth-order valence-corrected chi connectivity index (χ4v) is 2.98. The number of aryl methyl sites for hydroxylation is 2. The monoisotopic (exact) mass is 384 g/mol. The second kappa shape index (κ2) is 9.16. The molecule has 2 aromatic rings. The minimum Gasteiger partial charge on any atom is -0.482 e. The number of amides is 1. The zero-order valence-corrected chi connectivity index (χ0v) is 16.1. The van der Waals surface area contributed by atoms with Gasteiger partial charge in [0.15, 0.2) is 13.2 Å². The molecular weight excluding hydrogens is 360 g/mol. The number of nitrogens with zero attached hydrogens (tertiary/aromatic N) is 4. The number of carbonyl (C=O) groups is 2. The van der Waals surface area contributed by atoms with Crippen LogP contribution < -0.4 is 9.64 Å². The lowest BCUT2D eigenvalue weighted by Gasteiger charge is -2.34. The number of aromatic nitrogens is 2. The second-order valence-corrected chi connectivity index (χ2v) is 6.63. The first kappa shape index (κ1) is 19.6. The largest absolute Gasteiger partial charge is 0.482 e. The van der Waals surface area contributed by atoms with Gasteiger partial charge in [-0.05, 0) is 31.5 Å². The van der Waals surface area contributed by atoms with E-state index in [0.29, 0.717) is 37.9 Å². The number of esters is 1. The van der Waals surface area contributed by atoms with Crippen LogP contribution in [0.5, 0.6) is 5.75 Å². The van der Waals surface area contributed by atoms with E-state index in [1.54, 1.807) is 23.4 Å². The van der Waals surface area contributed by atoms with Crippen molar-refractivity contribution in [3.05, 3.63) is 47.8 Å². The summed E-state index contributed by atoms with van der Waals surface area (Å²) in [6, 6.07) is 7.47. The summed E-state index contributed by atoms with van der Waals surface area (Å²) in [6.45, 7) is 5.74. The van der Waals surface area contributed by atoms with E-state index in [1.807, 2.05) is 36.9 Å². The maximum atomic E-state index is 12.3. The number of rotatable bonds is 6. The molecule has 0 unspecified atom stereocenters. The standard InChI is InChI=1S/C20H24N4O4/c1-15-4-5-17(16(2)12-15)27-14-19(26)28-13-18(25)23-8-10-24(11-9-23)20-21-6-3-7-22-20/h3-7,12H,8-11,13-14H2,1-2H3. The summed E-state index contributed by atoms with van der Waals surface area (Å²) in [4.78, 5) is 36.3. The first-order chi connectivity index (χ1) is 13.5. The highest BCUT2D eigenvalue weighted by Gasteiger charge is 2.23. The van der Waals surface area contributed by atoms with Crippen molar-refractivity contribution >= 4 is 17.8 Å². The van der Waals surface area contributed by atoms with Crippen molar-refractivity contribution in [3.8, 4) is 5.75 Å². The molecule has 1 fully saturated rings. The topological polar surface area (TPSA) is 84.9 Å². The van der Waals surface area contributed by atoms with Crippen LogP contribution in [0.3, 0.4) is 0 Å². The highest BCUT2D eigenvalue weighted by atomic mass is 16.6. The van der Waals surface area contributed by atoms with E-state index in [0.717, 1.165) is 11.1 Å². The maximum absolute atomic E-state index is 12.3. The van der Waals surface area contributed by atoms with Crippen molar-refractivity contribution in [2.24, 2.45) is 0 Å². The van der Waals surface area contributed by atoms with Crippen molar-refractivity contribution in [1.29, 1.82) is 0 Å². The number of ether oxygens (including phenoxy) is 2. The molecular formula is C20H24N4O4. The molecule has 1 aromatic heterocycles. The van der Waals surface area contributed by atoms with Gasteiger partial charge in [0.25, 0.3) is 5.91 Å². The predicted octanol–water partition coefficient (Wildman–Crippen LogP) is 1.36. The van der Waals surface area contributed by atoms with Crippen molar-refractivity contribution in [2.75, 3.05) is 44.3 Å². The van der Waals surface area contributed by atoms with Gasteiger partial charge < -0.3 is 19.3 Å². The van der Waals surface area contributed by atoms with E-state index in [9.17, 15) is 9.59 Å². The van der Waals surface area contributed by atoms with E-state index >= 15 is 0 Å². The zero-order valence-electron chi connectivity index (χ0n) is 16.1. The Morgan fingerprint density at radius 1 is 1.04 bits per heavy atom. The van der Waals surface area contributed by atoms with E-state index < -0.39 is 5.97 Å². The average Bonchev–Trinajstić information content (AvgIpc) is 2.72. The highest BCUT2D eigenvalue weighted by molar-refractivity contribution is 5.81. The summed E-state index contributed by atoms with van der Waals surface area (Å²) in [5.41, 5.74) is 2.07. The SMILES string of the molecule is Cc1ccc(OCC(=O)OCC(=O)N2CCN(c3ncccn3)CC2)c(C)c1. The van der Waals surface area contributed by atoms with Crippen molar-refractivity contribution < 1.29 is 19.1 Å². The van der Waals surface area contributed by atoms with Gasteiger partial charge in [0.2, 0.25) is 5.95 Å². The molecule has 1 amide bonds. The smallest absolute Gasteiger partial charge is 0.344 e. The van der Waals surface area contributed by atoms with E-state index in [2.05, 4.69) is 9.97 Å². The quantitative estimate of drug-likeness (QED) is 0.695. The molecule has 28 heavy (non-hydrogen) atoms. The molecule has 0 atom stereocenters. The molecule has 0 spiro atoms. The first-order valence-electron chi connectivity index (χ1n) is 9.18. The minimum absolute atomic E-state index is 0.214. The van der Waals surface area contributed by atoms with Gasteiger partial charge in [-0.3, -0.25) is 4.79 Å². The molecule has 0 N–H and O–H groups in total. The number of benzene rings is 1. The van der Waals surface area contributed by atoms with Gasteiger partial charge >= 0.3 is 5.97 Å². The van der Waals surface area contributed by atoms with Crippen LogP contribution in [0, 0.1) is 13.8 Å². The first-order valence-corrected chi connectivity index (χ1v) is 9.18. The third kappa shape index (κ3) is 5.18. The number of piperazine rings is 1. The molecule has 148 valence electrons. The molecule has 1 saturated heterocycles. The van der Waals surface area contributed by atoms with Gasteiger partial charge in [0.05, 0.1) is 0 Å². The Kier molecular flexibility index (Phi) is 6.41. The van der Waals surface area contributed by atoms with E-state index in [4.69, 9.17) is 9.47 Å². The van der Waals surface area contributed by atoms with Crippen LogP contribution in [0.25, 0.3) is 0 Å². The van der Waals surface area contributed by atoms with Gasteiger partial charge in [0, 0.05) is 38.6 Å². The van der Waals surface area contributed by atoms with Crippen LogP contribution >= 0.6 is 0 Å². The summed E-state index contributed by atoms with van der Waals surface area (Å²) >= 11 is 0. The molecule has 8 heteroatoms. The third-order valence-electron chi connectivity index (χ3n) is 4.50. The molecule has 3 rings (SSSR count). The van der Waals surface area contributed by atoms with Crippen molar-refractivity contribution in [2.45, 2.75) is 13.8 Å². The molecule has 1 aromatic carbocycles. The number of hydrogen-bond donors (Lipinski definition) is 0. The molecule has 0 radical (unpaired) electrons. The Morgan fingerprint density at radius 3 is 2.43 bits per heavy atom. The van der Waals surface area contributed by atoms with Crippen LogP contribution in [-0.4, -0.2) is 66.1 Å². The van der Waals surface area contributed by atoms with Crippen LogP contribution in [-0.2, 0) is 14.3 Å². The number of hydrogen-bond acceptors (Lipinski definition) is 7. The van der Waals surface area contributed by atoms with Gasteiger partial charge in [-0.25, -0.2) is 14.8 Å². The summed E-state index contributed by atoms with van der Waals surface area (Å²) < 4.78 is 10.5. The fraction of sp³-hybridized carbons (Fsp3) is 0.400. The molecule has 8 nitrogen and oxygen atoms in total. The maximum Gasteiger partial charge on any atom is 0.344 e. The molecule has 0 saturated carbocycles.